The number of nitrogens with one attached hydrogen (secondary N) is 2. The van der Waals surface area contributed by atoms with Crippen LogP contribution in [-0.4, -0.2) is 16.4 Å². The monoisotopic (exact) mass is 215 g/mol. The van der Waals surface area contributed by atoms with Crippen LogP contribution in [-0.2, 0) is 4.79 Å². The van der Waals surface area contributed by atoms with Gasteiger partial charge in [-0.1, -0.05) is 39.5 Å². The highest BCUT2D eigenvalue weighted by molar-refractivity contribution is 8.14. The van der Waals surface area contributed by atoms with Gasteiger partial charge in [0.05, 0.1) is 5.37 Å². The highest BCUT2D eigenvalue weighted by Gasteiger charge is 2.25. The second-order valence-electron chi connectivity index (χ2n) is 4.26. The number of hydrazone groups is 1. The predicted molar refractivity (Wildman–Crippen MR) is 59.8 cm³/mol. The molecule has 0 saturated heterocycles. The lowest BCUT2D eigenvalue weighted by Crippen LogP contribution is -2.37. The largest absolute Gasteiger partial charge is 0.303 e. The molecule has 0 aromatic carbocycles. The molecule has 0 radical (unpaired) electrons. The molecule has 1 aliphatic heterocycles. The van der Waals surface area contributed by atoms with Gasteiger partial charge in [0.1, 0.15) is 0 Å². The minimum Gasteiger partial charge on any atom is -0.303 e. The molecule has 14 heavy (non-hydrogen) atoms. The molecule has 0 aromatic rings. The second-order valence-corrected chi connectivity index (χ2v) is 5.46. The summed E-state index contributed by atoms with van der Waals surface area (Å²) in [7, 11) is 0. The number of carbonyl (C=O) groups excluding carboxylic acids is 1. The molecule has 0 saturated carbocycles. The Kier molecular flexibility index (Phi) is 3.42. The van der Waals surface area contributed by atoms with Crippen LogP contribution < -0.4 is 10.7 Å². The molecule has 0 aromatic heterocycles. The van der Waals surface area contributed by atoms with Crippen molar-refractivity contribution >= 4 is 22.8 Å². The number of hydrogen-bond donors (Lipinski definition) is 2. The highest BCUT2D eigenvalue weighted by atomic mass is 32.2. The molecule has 1 unspecified atom stereocenters. The number of rotatable bonds is 1. The van der Waals surface area contributed by atoms with Gasteiger partial charge in [0.25, 0.3) is 0 Å². The van der Waals surface area contributed by atoms with Gasteiger partial charge in [-0.25, -0.2) is 0 Å². The smallest absolute Gasteiger partial charge is 0.231 e. The Hall–Kier alpha value is -0.710. The Balaban J connectivity index is 2.44. The minimum absolute atomic E-state index is 0.00213. The summed E-state index contributed by atoms with van der Waals surface area (Å²) in [4.78, 5) is 11.6. The summed E-state index contributed by atoms with van der Waals surface area (Å²) in [5.41, 5.74) is 2.58. The summed E-state index contributed by atoms with van der Waals surface area (Å²) in [6, 6.07) is 0. The molecule has 0 aliphatic carbocycles. The molecular weight excluding hydrogens is 198 g/mol. The van der Waals surface area contributed by atoms with Crippen LogP contribution >= 0.6 is 11.8 Å². The first-order valence-electron chi connectivity index (χ1n) is 4.75. The fraction of sp³-hybridized carbons (Fsp3) is 0.778. The van der Waals surface area contributed by atoms with Gasteiger partial charge in [-0.05, 0) is 6.42 Å². The molecule has 1 heterocycles. The van der Waals surface area contributed by atoms with Crippen molar-refractivity contribution in [3.05, 3.63) is 0 Å². The zero-order chi connectivity index (χ0) is 10.8. The van der Waals surface area contributed by atoms with Gasteiger partial charge in [0, 0.05) is 5.41 Å². The first kappa shape index (κ1) is 11.4. The quantitative estimate of drug-likeness (QED) is 0.697. The van der Waals surface area contributed by atoms with E-state index in [1.165, 1.54) is 0 Å². The maximum absolute atomic E-state index is 11.6. The van der Waals surface area contributed by atoms with Gasteiger partial charge in [-0.2, -0.15) is 5.10 Å². The normalized spacial score (nSPS) is 21.4. The van der Waals surface area contributed by atoms with E-state index in [9.17, 15) is 4.79 Å². The summed E-state index contributed by atoms with van der Waals surface area (Å²) < 4.78 is 0. The average Bonchev–Trinajstić information content (AvgIpc) is 2.50. The van der Waals surface area contributed by atoms with Gasteiger partial charge in [0.15, 0.2) is 5.17 Å². The Morgan fingerprint density at radius 3 is 2.71 bits per heavy atom. The Morgan fingerprint density at radius 2 is 2.29 bits per heavy atom. The minimum atomic E-state index is -0.368. The fourth-order valence-corrected chi connectivity index (χ4v) is 1.63. The van der Waals surface area contributed by atoms with Crippen LogP contribution in [0.4, 0.5) is 0 Å². The molecule has 1 rings (SSSR count). The molecule has 1 aliphatic rings. The third-order valence-electron chi connectivity index (χ3n) is 1.84. The number of carbonyl (C=O) groups is 1. The van der Waals surface area contributed by atoms with E-state index in [1.54, 1.807) is 11.8 Å². The van der Waals surface area contributed by atoms with Crippen LogP contribution in [0.3, 0.4) is 0 Å². The van der Waals surface area contributed by atoms with Crippen LogP contribution in [0.15, 0.2) is 5.10 Å². The lowest BCUT2D eigenvalue weighted by molar-refractivity contribution is -0.126. The maximum atomic E-state index is 11.6. The van der Waals surface area contributed by atoms with E-state index in [-0.39, 0.29) is 11.3 Å². The molecule has 80 valence electrons. The fourth-order valence-electron chi connectivity index (χ4n) is 0.835. The molecule has 0 fully saturated rings. The van der Waals surface area contributed by atoms with Crippen molar-refractivity contribution in [1.82, 2.24) is 10.7 Å². The van der Waals surface area contributed by atoms with Crippen molar-refractivity contribution in [2.24, 2.45) is 10.5 Å². The van der Waals surface area contributed by atoms with Gasteiger partial charge >= 0.3 is 0 Å². The number of amidine groups is 1. The van der Waals surface area contributed by atoms with E-state index in [4.69, 9.17) is 0 Å². The molecular formula is C9H17N3OS. The van der Waals surface area contributed by atoms with Crippen molar-refractivity contribution in [2.45, 2.75) is 39.5 Å². The lowest BCUT2D eigenvalue weighted by Gasteiger charge is -2.16. The SMILES string of the molecule is CCC1NN=C(NC(=O)C(C)(C)C)S1. The van der Waals surface area contributed by atoms with Crippen molar-refractivity contribution in [3.8, 4) is 0 Å². The number of thioether (sulfide) groups is 1. The molecule has 4 nitrogen and oxygen atoms in total. The van der Waals surface area contributed by atoms with Crippen molar-refractivity contribution in [1.29, 1.82) is 0 Å². The van der Waals surface area contributed by atoms with Crippen molar-refractivity contribution in [2.75, 3.05) is 0 Å². The third-order valence-corrected chi connectivity index (χ3v) is 2.98. The summed E-state index contributed by atoms with van der Waals surface area (Å²) in [5.74, 6) is 0.00213. The van der Waals surface area contributed by atoms with Gasteiger partial charge in [-0.15, -0.1) is 0 Å². The molecule has 0 bridgehead atoms. The van der Waals surface area contributed by atoms with Crippen LogP contribution in [0.2, 0.25) is 0 Å². The number of hydrogen-bond acceptors (Lipinski definition) is 4. The van der Waals surface area contributed by atoms with Crippen molar-refractivity contribution < 1.29 is 4.79 Å². The standard InChI is InChI=1S/C9H17N3OS/c1-5-6-11-12-8(14-6)10-7(13)9(2,3)4/h6,11H,5H2,1-4H3,(H,10,12,13). The molecule has 1 amide bonds. The number of amides is 1. The van der Waals surface area contributed by atoms with Crippen LogP contribution in [0.5, 0.6) is 0 Å². The highest BCUT2D eigenvalue weighted by Crippen LogP contribution is 2.19. The first-order chi connectivity index (χ1) is 6.43. The van der Waals surface area contributed by atoms with E-state index in [0.717, 1.165) is 6.42 Å². The summed E-state index contributed by atoms with van der Waals surface area (Å²) in [6.45, 7) is 7.72. The van der Waals surface area contributed by atoms with Gasteiger partial charge in [-0.3, -0.25) is 10.2 Å². The summed E-state index contributed by atoms with van der Waals surface area (Å²) in [6.07, 6.45) is 0.989. The maximum Gasteiger partial charge on any atom is 0.231 e. The summed E-state index contributed by atoms with van der Waals surface area (Å²) in [5, 5.41) is 7.81. The third kappa shape index (κ3) is 2.90. The van der Waals surface area contributed by atoms with E-state index in [0.29, 0.717) is 10.5 Å². The zero-order valence-electron chi connectivity index (χ0n) is 9.05. The van der Waals surface area contributed by atoms with E-state index < -0.39 is 0 Å². The van der Waals surface area contributed by atoms with E-state index in [1.807, 2.05) is 20.8 Å². The first-order valence-corrected chi connectivity index (χ1v) is 5.62. The molecule has 0 spiro atoms. The van der Waals surface area contributed by atoms with Crippen LogP contribution in [0.25, 0.3) is 0 Å². The van der Waals surface area contributed by atoms with E-state index >= 15 is 0 Å². The average molecular weight is 215 g/mol. The zero-order valence-corrected chi connectivity index (χ0v) is 9.86. The van der Waals surface area contributed by atoms with Crippen LogP contribution in [0, 0.1) is 5.41 Å². The van der Waals surface area contributed by atoms with Gasteiger partial charge in [0.2, 0.25) is 5.91 Å². The predicted octanol–water partition coefficient (Wildman–Crippen LogP) is 1.49. The second kappa shape index (κ2) is 4.21. The number of nitrogens with zero attached hydrogens (tertiary/aromatic N) is 1. The Morgan fingerprint density at radius 1 is 1.64 bits per heavy atom. The summed E-state index contributed by atoms with van der Waals surface area (Å²) >= 11 is 1.56. The Bertz CT molecular complexity index is 257. The topological polar surface area (TPSA) is 53.5 Å². The lowest BCUT2D eigenvalue weighted by atomic mass is 9.96. The van der Waals surface area contributed by atoms with Gasteiger partial charge < -0.3 is 5.32 Å². The molecule has 2 N–H and O–H groups in total. The van der Waals surface area contributed by atoms with E-state index in [2.05, 4.69) is 22.8 Å². The Labute approximate surface area is 88.9 Å². The van der Waals surface area contributed by atoms with Crippen molar-refractivity contribution in [3.63, 3.8) is 0 Å². The molecule has 1 atom stereocenters. The molecule has 5 heteroatoms. The van der Waals surface area contributed by atoms with Crippen LogP contribution in [0.1, 0.15) is 34.1 Å².